The summed E-state index contributed by atoms with van der Waals surface area (Å²) in [5, 5.41) is 21.3. The molecule has 0 aliphatic carbocycles. The average molecular weight is 363 g/mol. The van der Waals surface area contributed by atoms with Gasteiger partial charge in [-0.1, -0.05) is 17.3 Å². The van der Waals surface area contributed by atoms with Gasteiger partial charge in [0.05, 0.1) is 24.0 Å². The van der Waals surface area contributed by atoms with Crippen molar-refractivity contribution < 1.29 is 4.39 Å². The lowest BCUT2D eigenvalue weighted by atomic mass is 10.2. The molecule has 1 saturated heterocycles. The minimum atomic E-state index is -0.586. The SMILES string of the molecule is Fc1ncc2n1c1ccccc1c1nnc(-n3cc(C4CCCN4)nn3)n12. The van der Waals surface area contributed by atoms with Gasteiger partial charge in [0.15, 0.2) is 5.65 Å². The van der Waals surface area contributed by atoms with Crippen LogP contribution in [0.25, 0.3) is 28.1 Å². The van der Waals surface area contributed by atoms with E-state index < -0.39 is 6.08 Å². The van der Waals surface area contributed by atoms with Crippen molar-refractivity contribution in [2.45, 2.75) is 18.9 Å². The summed E-state index contributed by atoms with van der Waals surface area (Å²) in [6.45, 7) is 0.979. The monoisotopic (exact) mass is 363 g/mol. The number of hydrogen-bond donors (Lipinski definition) is 1. The molecule has 134 valence electrons. The largest absolute Gasteiger partial charge is 0.309 e. The van der Waals surface area contributed by atoms with Gasteiger partial charge >= 0.3 is 0 Å². The topological polar surface area (TPSA) is 90.2 Å². The standard InChI is InChI=1S/C17H14FN9/c18-16-20-8-14-26(16)13-6-2-1-4-10(13)15-22-23-17(27(14)15)25-9-12(21-24-25)11-5-3-7-19-11/h1-2,4,6,8-9,11,19H,3,5,7H2. The Morgan fingerprint density at radius 3 is 2.93 bits per heavy atom. The van der Waals surface area contributed by atoms with Crippen LogP contribution in [0.3, 0.4) is 0 Å². The molecule has 0 radical (unpaired) electrons. The first kappa shape index (κ1) is 14.7. The zero-order chi connectivity index (χ0) is 18.0. The van der Waals surface area contributed by atoms with Crippen molar-refractivity contribution in [3.63, 3.8) is 0 Å². The van der Waals surface area contributed by atoms with Crippen molar-refractivity contribution in [1.82, 2.24) is 44.3 Å². The molecular weight excluding hydrogens is 349 g/mol. The zero-order valence-electron chi connectivity index (χ0n) is 14.1. The van der Waals surface area contributed by atoms with Gasteiger partial charge in [-0.25, -0.2) is 9.38 Å². The lowest BCUT2D eigenvalue weighted by molar-refractivity contribution is 0.539. The fraction of sp³-hybridized carbons (Fsp3) is 0.235. The van der Waals surface area contributed by atoms with E-state index in [1.165, 1.54) is 10.6 Å². The van der Waals surface area contributed by atoms with Crippen molar-refractivity contribution in [1.29, 1.82) is 0 Å². The summed E-state index contributed by atoms with van der Waals surface area (Å²) in [6.07, 6.45) is 4.88. The highest BCUT2D eigenvalue weighted by molar-refractivity contribution is 5.94. The van der Waals surface area contributed by atoms with Crippen LogP contribution in [-0.4, -0.2) is 45.5 Å². The Balaban J connectivity index is 1.65. The minimum Gasteiger partial charge on any atom is -0.309 e. The van der Waals surface area contributed by atoms with E-state index in [1.807, 2.05) is 30.5 Å². The highest BCUT2D eigenvalue weighted by atomic mass is 19.1. The third-order valence-corrected chi connectivity index (χ3v) is 5.09. The lowest BCUT2D eigenvalue weighted by Crippen LogP contribution is -2.13. The van der Waals surface area contributed by atoms with Crippen LogP contribution in [0.4, 0.5) is 4.39 Å². The van der Waals surface area contributed by atoms with E-state index in [0.717, 1.165) is 30.5 Å². The second-order valence-corrected chi connectivity index (χ2v) is 6.63. The Labute approximate surface area is 151 Å². The highest BCUT2D eigenvalue weighted by Crippen LogP contribution is 2.26. The van der Waals surface area contributed by atoms with Crippen LogP contribution < -0.4 is 5.32 Å². The summed E-state index contributed by atoms with van der Waals surface area (Å²) in [4.78, 5) is 3.84. The van der Waals surface area contributed by atoms with Crippen molar-refractivity contribution in [2.75, 3.05) is 6.54 Å². The molecule has 1 aliphatic rings. The second-order valence-electron chi connectivity index (χ2n) is 6.63. The van der Waals surface area contributed by atoms with Crippen LogP contribution in [0, 0.1) is 6.08 Å². The Morgan fingerprint density at radius 2 is 2.04 bits per heavy atom. The number of rotatable bonds is 2. The molecule has 1 unspecified atom stereocenters. The van der Waals surface area contributed by atoms with Gasteiger partial charge in [0.25, 0.3) is 12.0 Å². The first-order valence-electron chi connectivity index (χ1n) is 8.76. The van der Waals surface area contributed by atoms with E-state index in [9.17, 15) is 4.39 Å². The number of imidazole rings is 1. The lowest BCUT2D eigenvalue weighted by Gasteiger charge is -2.07. The molecule has 1 aliphatic heterocycles. The van der Waals surface area contributed by atoms with Crippen LogP contribution in [0.1, 0.15) is 24.6 Å². The number of halogens is 1. The van der Waals surface area contributed by atoms with Crippen molar-refractivity contribution in [3.8, 4) is 5.95 Å². The number of nitrogens with zero attached hydrogens (tertiary/aromatic N) is 8. The predicted octanol–water partition coefficient (Wildman–Crippen LogP) is 1.67. The third-order valence-electron chi connectivity index (χ3n) is 5.09. The van der Waals surface area contributed by atoms with E-state index >= 15 is 0 Å². The molecule has 0 spiro atoms. The number of fused-ring (bicyclic) bond motifs is 6. The van der Waals surface area contributed by atoms with Crippen LogP contribution in [0.5, 0.6) is 0 Å². The van der Waals surface area contributed by atoms with Gasteiger partial charge in [0.2, 0.25) is 0 Å². The number of nitrogens with one attached hydrogen (secondary N) is 1. The Kier molecular flexibility index (Phi) is 2.89. The van der Waals surface area contributed by atoms with Gasteiger partial charge in [-0.15, -0.1) is 15.3 Å². The Hall–Kier alpha value is -3.40. The van der Waals surface area contributed by atoms with E-state index in [2.05, 4.69) is 30.8 Å². The second kappa shape index (κ2) is 5.30. The van der Waals surface area contributed by atoms with Gasteiger partial charge in [-0.05, 0) is 31.5 Å². The number of aromatic nitrogens is 8. The van der Waals surface area contributed by atoms with Crippen molar-refractivity contribution >= 4 is 22.2 Å². The van der Waals surface area contributed by atoms with Gasteiger partial charge in [-0.3, -0.25) is 4.40 Å². The summed E-state index contributed by atoms with van der Waals surface area (Å²) in [5.41, 5.74) is 2.69. The average Bonchev–Trinajstić information content (AvgIpc) is 3.46. The summed E-state index contributed by atoms with van der Waals surface area (Å²) in [5.74, 6) is 0.442. The van der Waals surface area contributed by atoms with Crippen LogP contribution in [-0.2, 0) is 0 Å². The van der Waals surface area contributed by atoms with Gasteiger partial charge in [-0.2, -0.15) is 9.07 Å². The molecule has 9 nitrogen and oxygen atoms in total. The maximum absolute atomic E-state index is 14.4. The Morgan fingerprint density at radius 1 is 1.11 bits per heavy atom. The molecule has 0 bridgehead atoms. The quantitative estimate of drug-likeness (QED) is 0.513. The summed E-state index contributed by atoms with van der Waals surface area (Å²) in [7, 11) is 0. The maximum Gasteiger partial charge on any atom is 0.295 e. The maximum atomic E-state index is 14.4. The molecule has 27 heavy (non-hydrogen) atoms. The van der Waals surface area contributed by atoms with Crippen molar-refractivity contribution in [2.24, 2.45) is 0 Å². The molecule has 1 atom stereocenters. The third kappa shape index (κ3) is 1.98. The molecule has 0 amide bonds. The molecule has 0 saturated carbocycles. The number of hydrogen-bond acceptors (Lipinski definition) is 6. The molecule has 5 aromatic rings. The van der Waals surface area contributed by atoms with E-state index in [1.54, 1.807) is 9.08 Å². The van der Waals surface area contributed by atoms with E-state index in [-0.39, 0.29) is 6.04 Å². The van der Waals surface area contributed by atoms with Crippen LogP contribution in [0.15, 0.2) is 36.7 Å². The summed E-state index contributed by atoms with van der Waals surface area (Å²) < 4.78 is 19.2. The molecule has 10 heteroatoms. The predicted molar refractivity (Wildman–Crippen MR) is 94.1 cm³/mol. The Bertz CT molecular complexity index is 1310. The molecule has 1 aromatic carbocycles. The van der Waals surface area contributed by atoms with E-state index in [0.29, 0.717) is 22.8 Å². The number of para-hydroxylation sites is 1. The molecule has 1 N–H and O–H groups in total. The first-order valence-corrected chi connectivity index (χ1v) is 8.76. The van der Waals surface area contributed by atoms with E-state index in [4.69, 9.17) is 0 Å². The molecule has 4 aromatic heterocycles. The number of benzene rings is 1. The summed E-state index contributed by atoms with van der Waals surface area (Å²) >= 11 is 0. The van der Waals surface area contributed by atoms with Gasteiger partial charge in [0.1, 0.15) is 11.3 Å². The normalized spacial score (nSPS) is 17.6. The van der Waals surface area contributed by atoms with Crippen LogP contribution >= 0.6 is 0 Å². The molecule has 6 rings (SSSR count). The smallest absolute Gasteiger partial charge is 0.295 e. The van der Waals surface area contributed by atoms with Crippen LogP contribution in [0.2, 0.25) is 0 Å². The fourth-order valence-electron chi connectivity index (χ4n) is 3.84. The minimum absolute atomic E-state index is 0.200. The zero-order valence-corrected chi connectivity index (χ0v) is 14.1. The van der Waals surface area contributed by atoms with Gasteiger partial charge in [0, 0.05) is 5.39 Å². The van der Waals surface area contributed by atoms with Gasteiger partial charge < -0.3 is 5.32 Å². The molecule has 5 heterocycles. The molecule has 1 fully saturated rings. The molecular formula is C17H14FN9. The highest BCUT2D eigenvalue weighted by Gasteiger charge is 2.22. The summed E-state index contributed by atoms with van der Waals surface area (Å²) in [6, 6.07) is 7.66. The first-order chi connectivity index (χ1) is 13.3. The fourth-order valence-corrected chi connectivity index (χ4v) is 3.84. The van der Waals surface area contributed by atoms with Crippen molar-refractivity contribution in [3.05, 3.63) is 48.4 Å².